The number of nitrogens with two attached hydrogens (primary N) is 1. The summed E-state index contributed by atoms with van der Waals surface area (Å²) in [6.45, 7) is 0. The Labute approximate surface area is 109 Å². The molecule has 1 heterocycles. The van der Waals surface area contributed by atoms with Gasteiger partial charge < -0.3 is 10.5 Å². The van der Waals surface area contributed by atoms with Crippen LogP contribution in [-0.2, 0) is 0 Å². The molecule has 0 aliphatic rings. The maximum Gasteiger partial charge on any atom is 0.124 e. The van der Waals surface area contributed by atoms with E-state index in [2.05, 4.69) is 20.9 Å². The Morgan fingerprint density at radius 3 is 2.71 bits per heavy atom. The highest BCUT2D eigenvalue weighted by Crippen LogP contribution is 2.30. The van der Waals surface area contributed by atoms with E-state index in [1.807, 2.05) is 36.4 Å². The normalized spacial score (nSPS) is 12.2. The fourth-order valence-corrected chi connectivity index (χ4v) is 2.20. The summed E-state index contributed by atoms with van der Waals surface area (Å²) in [5.74, 6) is 0.776. The minimum Gasteiger partial charge on any atom is -0.496 e. The van der Waals surface area contributed by atoms with E-state index in [1.54, 1.807) is 13.3 Å². The van der Waals surface area contributed by atoms with Crippen molar-refractivity contribution in [2.24, 2.45) is 5.73 Å². The first kappa shape index (κ1) is 12.1. The number of methoxy groups -OCH3 is 1. The fraction of sp³-hybridized carbons (Fsp3) is 0.154. The fourth-order valence-electron chi connectivity index (χ4n) is 1.70. The zero-order valence-electron chi connectivity index (χ0n) is 9.43. The molecule has 0 saturated heterocycles. The summed E-state index contributed by atoms with van der Waals surface area (Å²) in [6.07, 6.45) is 1.73. The molecular weight excluding hydrogens is 280 g/mol. The lowest BCUT2D eigenvalue weighted by molar-refractivity contribution is 0.407. The Balaban J connectivity index is 2.44. The molecule has 1 atom stereocenters. The number of benzene rings is 1. The quantitative estimate of drug-likeness (QED) is 0.946. The van der Waals surface area contributed by atoms with Crippen molar-refractivity contribution >= 4 is 15.9 Å². The van der Waals surface area contributed by atoms with Gasteiger partial charge in [-0.15, -0.1) is 0 Å². The zero-order valence-corrected chi connectivity index (χ0v) is 11.0. The number of pyridine rings is 1. The molecule has 0 radical (unpaired) electrons. The molecule has 0 bridgehead atoms. The third-order valence-corrected chi connectivity index (χ3v) is 3.23. The summed E-state index contributed by atoms with van der Waals surface area (Å²) < 4.78 is 6.21. The van der Waals surface area contributed by atoms with E-state index >= 15 is 0 Å². The van der Waals surface area contributed by atoms with Gasteiger partial charge in [0, 0.05) is 16.2 Å². The number of ether oxygens (including phenoxy) is 1. The van der Waals surface area contributed by atoms with Crippen molar-refractivity contribution < 1.29 is 4.74 Å². The van der Waals surface area contributed by atoms with Gasteiger partial charge in [-0.25, -0.2) is 0 Å². The summed E-state index contributed by atoms with van der Waals surface area (Å²) in [4.78, 5) is 4.30. The molecule has 88 valence electrons. The Morgan fingerprint density at radius 1 is 1.24 bits per heavy atom. The second-order valence-corrected chi connectivity index (χ2v) is 4.44. The number of rotatable bonds is 3. The van der Waals surface area contributed by atoms with Crippen molar-refractivity contribution in [1.29, 1.82) is 0 Å². The number of aromatic nitrogens is 1. The molecule has 0 fully saturated rings. The van der Waals surface area contributed by atoms with E-state index in [0.29, 0.717) is 0 Å². The largest absolute Gasteiger partial charge is 0.496 e. The van der Waals surface area contributed by atoms with Crippen LogP contribution in [0.5, 0.6) is 5.75 Å². The second kappa shape index (κ2) is 5.29. The highest BCUT2D eigenvalue weighted by Gasteiger charge is 2.16. The molecule has 17 heavy (non-hydrogen) atoms. The van der Waals surface area contributed by atoms with Crippen LogP contribution in [0.15, 0.2) is 47.1 Å². The Morgan fingerprint density at radius 2 is 2.00 bits per heavy atom. The van der Waals surface area contributed by atoms with Crippen molar-refractivity contribution in [3.8, 4) is 5.75 Å². The molecular formula is C13H13BrN2O. The number of hydrogen-bond donors (Lipinski definition) is 1. The third-order valence-electron chi connectivity index (χ3n) is 2.56. The Bertz CT molecular complexity index is 516. The number of hydrogen-bond acceptors (Lipinski definition) is 3. The van der Waals surface area contributed by atoms with Gasteiger partial charge in [-0.2, -0.15) is 0 Å². The van der Waals surface area contributed by atoms with Crippen molar-refractivity contribution in [3.63, 3.8) is 0 Å². The Hall–Kier alpha value is -1.39. The smallest absolute Gasteiger partial charge is 0.124 e. The SMILES string of the molecule is COc1ccccc1C(N)c1ncccc1Br. The summed E-state index contributed by atoms with van der Waals surface area (Å²) in [7, 11) is 1.64. The summed E-state index contributed by atoms with van der Waals surface area (Å²) in [5, 5.41) is 0. The minimum absolute atomic E-state index is 0.304. The molecule has 0 saturated carbocycles. The molecule has 2 N–H and O–H groups in total. The number of nitrogens with zero attached hydrogens (tertiary/aromatic N) is 1. The molecule has 3 nitrogen and oxygen atoms in total. The van der Waals surface area contributed by atoms with Gasteiger partial charge in [0.2, 0.25) is 0 Å². The highest BCUT2D eigenvalue weighted by atomic mass is 79.9. The van der Waals surface area contributed by atoms with E-state index in [0.717, 1.165) is 21.5 Å². The molecule has 0 spiro atoms. The predicted molar refractivity (Wildman–Crippen MR) is 71.0 cm³/mol. The predicted octanol–water partition coefficient (Wildman–Crippen LogP) is 2.90. The van der Waals surface area contributed by atoms with Crippen LogP contribution >= 0.6 is 15.9 Å². The average molecular weight is 293 g/mol. The lowest BCUT2D eigenvalue weighted by atomic mass is 10.0. The van der Waals surface area contributed by atoms with Gasteiger partial charge in [0.15, 0.2) is 0 Å². The third kappa shape index (κ3) is 2.48. The van der Waals surface area contributed by atoms with Crippen LogP contribution in [0.2, 0.25) is 0 Å². The van der Waals surface area contributed by atoms with Crippen LogP contribution in [0.3, 0.4) is 0 Å². The van der Waals surface area contributed by atoms with Crippen LogP contribution in [0.1, 0.15) is 17.3 Å². The molecule has 2 aromatic rings. The lowest BCUT2D eigenvalue weighted by Gasteiger charge is -2.16. The van der Waals surface area contributed by atoms with E-state index in [1.165, 1.54) is 0 Å². The summed E-state index contributed by atoms with van der Waals surface area (Å²) in [6, 6.07) is 11.2. The van der Waals surface area contributed by atoms with Gasteiger partial charge in [0.25, 0.3) is 0 Å². The van der Waals surface area contributed by atoms with E-state index in [-0.39, 0.29) is 6.04 Å². The summed E-state index contributed by atoms with van der Waals surface area (Å²) >= 11 is 3.46. The number of halogens is 1. The molecule has 1 aromatic heterocycles. The molecule has 1 aromatic carbocycles. The van der Waals surface area contributed by atoms with Gasteiger partial charge in [-0.1, -0.05) is 18.2 Å². The van der Waals surface area contributed by atoms with Crippen LogP contribution in [0.4, 0.5) is 0 Å². The van der Waals surface area contributed by atoms with Crippen molar-refractivity contribution in [3.05, 3.63) is 58.3 Å². The summed E-state index contributed by atoms with van der Waals surface area (Å²) in [5.41, 5.74) is 7.95. The first-order chi connectivity index (χ1) is 8.24. The van der Waals surface area contributed by atoms with Crippen LogP contribution in [0, 0.1) is 0 Å². The van der Waals surface area contributed by atoms with Gasteiger partial charge in [-0.05, 0) is 34.1 Å². The first-order valence-electron chi connectivity index (χ1n) is 5.23. The molecule has 0 amide bonds. The van der Waals surface area contributed by atoms with Crippen LogP contribution < -0.4 is 10.5 Å². The Kier molecular flexibility index (Phi) is 3.76. The van der Waals surface area contributed by atoms with Gasteiger partial charge in [0.05, 0.1) is 18.8 Å². The van der Waals surface area contributed by atoms with Crippen molar-refractivity contribution in [1.82, 2.24) is 4.98 Å². The molecule has 0 aliphatic carbocycles. The van der Waals surface area contributed by atoms with Crippen molar-refractivity contribution in [2.45, 2.75) is 6.04 Å². The minimum atomic E-state index is -0.304. The van der Waals surface area contributed by atoms with E-state index in [9.17, 15) is 0 Å². The highest BCUT2D eigenvalue weighted by molar-refractivity contribution is 9.10. The molecule has 1 unspecified atom stereocenters. The topological polar surface area (TPSA) is 48.1 Å². The maximum absolute atomic E-state index is 6.22. The van der Waals surface area contributed by atoms with Gasteiger partial charge >= 0.3 is 0 Å². The van der Waals surface area contributed by atoms with Gasteiger partial charge in [-0.3, -0.25) is 4.98 Å². The monoisotopic (exact) mass is 292 g/mol. The number of para-hydroxylation sites is 1. The first-order valence-corrected chi connectivity index (χ1v) is 6.02. The van der Waals surface area contributed by atoms with Crippen LogP contribution in [0.25, 0.3) is 0 Å². The van der Waals surface area contributed by atoms with E-state index < -0.39 is 0 Å². The standard InChI is InChI=1S/C13H13BrN2O/c1-17-11-7-3-2-5-9(11)12(15)13-10(14)6-4-8-16-13/h2-8,12H,15H2,1H3. The average Bonchev–Trinajstić information content (AvgIpc) is 2.38. The molecule has 0 aliphatic heterocycles. The van der Waals surface area contributed by atoms with Gasteiger partial charge in [0.1, 0.15) is 5.75 Å². The molecule has 4 heteroatoms. The second-order valence-electron chi connectivity index (χ2n) is 3.59. The maximum atomic E-state index is 6.22. The lowest BCUT2D eigenvalue weighted by Crippen LogP contribution is -2.15. The molecule has 2 rings (SSSR count). The van der Waals surface area contributed by atoms with Crippen molar-refractivity contribution in [2.75, 3.05) is 7.11 Å². The zero-order chi connectivity index (χ0) is 12.3. The van der Waals surface area contributed by atoms with E-state index in [4.69, 9.17) is 10.5 Å². The van der Waals surface area contributed by atoms with Crippen LogP contribution in [-0.4, -0.2) is 12.1 Å².